The van der Waals surface area contributed by atoms with Crippen molar-refractivity contribution in [2.75, 3.05) is 6.61 Å². The molecular formula is C18H23ClN2O2. The van der Waals surface area contributed by atoms with Gasteiger partial charge in [-0.1, -0.05) is 25.4 Å². The Balaban J connectivity index is 2.13. The van der Waals surface area contributed by atoms with Crippen molar-refractivity contribution in [2.24, 2.45) is 0 Å². The van der Waals surface area contributed by atoms with Gasteiger partial charge in [-0.3, -0.25) is 4.79 Å². The minimum Gasteiger partial charge on any atom is -0.484 e. The zero-order valence-corrected chi connectivity index (χ0v) is 15.1. The van der Waals surface area contributed by atoms with Crippen LogP contribution in [0.3, 0.4) is 0 Å². The Hall–Kier alpha value is -1.81. The first-order valence-electron chi connectivity index (χ1n) is 7.83. The number of rotatable bonds is 5. The molecule has 5 heteroatoms. The third kappa shape index (κ3) is 3.75. The van der Waals surface area contributed by atoms with Gasteiger partial charge in [0.1, 0.15) is 5.75 Å². The number of benzene rings is 1. The summed E-state index contributed by atoms with van der Waals surface area (Å²) in [6.45, 7) is 10.0. The molecule has 0 radical (unpaired) electrons. The molecule has 4 nitrogen and oxygen atoms in total. The highest BCUT2D eigenvalue weighted by Crippen LogP contribution is 2.26. The van der Waals surface area contributed by atoms with E-state index in [1.807, 2.05) is 26.8 Å². The molecule has 0 saturated heterocycles. The maximum atomic E-state index is 12.4. The molecular weight excluding hydrogens is 312 g/mol. The van der Waals surface area contributed by atoms with Crippen molar-refractivity contribution in [3.05, 3.63) is 45.7 Å². The minimum absolute atomic E-state index is 0.0526. The monoisotopic (exact) mass is 334 g/mol. The van der Waals surface area contributed by atoms with Crippen molar-refractivity contribution in [1.29, 1.82) is 0 Å². The number of halogens is 1. The van der Waals surface area contributed by atoms with Gasteiger partial charge in [0.05, 0.1) is 5.69 Å². The Morgan fingerprint density at radius 3 is 2.65 bits per heavy atom. The first kappa shape index (κ1) is 17.5. The minimum atomic E-state index is -0.173. The number of carbonyl (C=O) groups excluding carboxylic acids is 1. The van der Waals surface area contributed by atoms with Gasteiger partial charge in [0.15, 0.2) is 6.61 Å². The molecule has 23 heavy (non-hydrogen) atoms. The Labute approximate surface area is 142 Å². The number of aromatic nitrogens is 2. The van der Waals surface area contributed by atoms with Gasteiger partial charge in [-0.15, -0.1) is 0 Å². The van der Waals surface area contributed by atoms with Gasteiger partial charge in [0.25, 0.3) is 5.91 Å². The van der Waals surface area contributed by atoms with Crippen molar-refractivity contribution in [3.8, 4) is 5.75 Å². The second-order valence-corrected chi connectivity index (χ2v) is 6.31. The number of nitrogens with zero attached hydrogens (tertiary/aromatic N) is 2. The van der Waals surface area contributed by atoms with Gasteiger partial charge in [0, 0.05) is 10.7 Å². The van der Waals surface area contributed by atoms with Crippen LogP contribution in [0.4, 0.5) is 0 Å². The number of aryl methyl sites for hydroxylation is 2. The summed E-state index contributed by atoms with van der Waals surface area (Å²) in [6, 6.07) is 5.34. The average Bonchev–Trinajstić information content (AvgIpc) is 2.82. The van der Waals surface area contributed by atoms with E-state index < -0.39 is 0 Å². The third-order valence-corrected chi connectivity index (χ3v) is 4.60. The molecule has 0 aliphatic heterocycles. The fourth-order valence-electron chi connectivity index (χ4n) is 2.73. The quantitative estimate of drug-likeness (QED) is 0.796. The molecule has 0 fully saturated rings. The highest BCUT2D eigenvalue weighted by Gasteiger charge is 2.20. The van der Waals surface area contributed by atoms with Gasteiger partial charge < -0.3 is 4.74 Å². The summed E-state index contributed by atoms with van der Waals surface area (Å²) < 4.78 is 7.04. The molecule has 1 aromatic heterocycles. The van der Waals surface area contributed by atoms with Gasteiger partial charge in [-0.25, -0.2) is 4.68 Å². The van der Waals surface area contributed by atoms with Crippen molar-refractivity contribution < 1.29 is 9.53 Å². The van der Waals surface area contributed by atoms with Crippen molar-refractivity contribution in [2.45, 2.75) is 47.0 Å². The van der Waals surface area contributed by atoms with E-state index in [4.69, 9.17) is 16.3 Å². The lowest BCUT2D eigenvalue weighted by molar-refractivity contribution is 0.0818. The molecule has 0 aliphatic carbocycles. The van der Waals surface area contributed by atoms with Crippen LogP contribution in [0.2, 0.25) is 5.02 Å². The smallest absolute Gasteiger partial charge is 0.284 e. The second kappa shape index (κ2) is 7.18. The van der Waals surface area contributed by atoms with Crippen LogP contribution < -0.4 is 4.74 Å². The van der Waals surface area contributed by atoms with E-state index in [-0.39, 0.29) is 12.5 Å². The van der Waals surface area contributed by atoms with Crippen LogP contribution in [-0.2, 0) is 0 Å². The summed E-state index contributed by atoms with van der Waals surface area (Å²) in [5, 5.41) is 5.07. The molecule has 1 unspecified atom stereocenters. The summed E-state index contributed by atoms with van der Waals surface area (Å²) in [5.41, 5.74) is 3.88. The predicted octanol–water partition coefficient (Wildman–Crippen LogP) is 4.69. The number of hydrogen-bond donors (Lipinski definition) is 0. The average molecular weight is 335 g/mol. The fourth-order valence-corrected chi connectivity index (χ4v) is 2.85. The summed E-state index contributed by atoms with van der Waals surface area (Å²) in [6.07, 6.45) is 1.02. The van der Waals surface area contributed by atoms with Crippen LogP contribution in [0.15, 0.2) is 18.2 Å². The van der Waals surface area contributed by atoms with Gasteiger partial charge in [-0.2, -0.15) is 5.10 Å². The highest BCUT2D eigenvalue weighted by molar-refractivity contribution is 6.31. The molecule has 2 aromatic rings. The Morgan fingerprint density at radius 1 is 1.35 bits per heavy atom. The van der Waals surface area contributed by atoms with Crippen molar-refractivity contribution in [3.63, 3.8) is 0 Å². The molecule has 0 amide bonds. The zero-order valence-electron chi connectivity index (χ0n) is 14.3. The van der Waals surface area contributed by atoms with E-state index in [1.165, 1.54) is 4.68 Å². The molecule has 124 valence electrons. The third-order valence-electron chi connectivity index (χ3n) is 4.18. The first-order valence-corrected chi connectivity index (χ1v) is 8.21. The maximum absolute atomic E-state index is 12.4. The van der Waals surface area contributed by atoms with E-state index in [9.17, 15) is 4.79 Å². The van der Waals surface area contributed by atoms with Crippen molar-refractivity contribution in [1.82, 2.24) is 9.78 Å². The predicted molar refractivity (Wildman–Crippen MR) is 92.7 cm³/mol. The molecule has 0 spiro atoms. The van der Waals surface area contributed by atoms with E-state index in [1.54, 1.807) is 12.1 Å². The Bertz CT molecular complexity index is 722. The summed E-state index contributed by atoms with van der Waals surface area (Å²) in [7, 11) is 0. The van der Waals surface area contributed by atoms with Crippen molar-refractivity contribution >= 4 is 17.5 Å². The number of carbonyl (C=O) groups is 1. The summed E-state index contributed by atoms with van der Waals surface area (Å²) in [5.74, 6) is 0.841. The summed E-state index contributed by atoms with van der Waals surface area (Å²) in [4.78, 5) is 12.4. The normalized spacial score (nSPS) is 12.3. The maximum Gasteiger partial charge on any atom is 0.284 e. The lowest BCUT2D eigenvalue weighted by Gasteiger charge is -2.10. The number of hydrogen-bond acceptors (Lipinski definition) is 3. The highest BCUT2D eigenvalue weighted by atomic mass is 35.5. The molecule has 0 bridgehead atoms. The Kier molecular flexibility index (Phi) is 5.47. The van der Waals surface area contributed by atoms with Crippen LogP contribution in [0.1, 0.15) is 53.5 Å². The molecule has 0 N–H and O–H groups in total. The van der Waals surface area contributed by atoms with Gasteiger partial charge in [0.2, 0.25) is 0 Å². The van der Waals surface area contributed by atoms with E-state index >= 15 is 0 Å². The largest absolute Gasteiger partial charge is 0.484 e. The summed E-state index contributed by atoms with van der Waals surface area (Å²) >= 11 is 5.99. The standard InChI is InChI=1S/C18H23ClN2O2/c1-6-11(2)18-13(4)20-21(14(18)5)17(22)10-23-15-7-8-16(19)12(3)9-15/h7-9,11H,6,10H2,1-5H3. The lowest BCUT2D eigenvalue weighted by Crippen LogP contribution is -2.22. The lowest BCUT2D eigenvalue weighted by atomic mass is 9.97. The fraction of sp³-hybridized carbons (Fsp3) is 0.444. The first-order chi connectivity index (χ1) is 10.8. The SMILES string of the molecule is CCC(C)c1c(C)nn(C(=O)COc2ccc(Cl)c(C)c2)c1C. The van der Waals surface area contributed by atoms with Gasteiger partial charge in [-0.05, 0) is 62.4 Å². The van der Waals surface area contributed by atoms with Crippen LogP contribution in [0, 0.1) is 20.8 Å². The van der Waals surface area contributed by atoms with Crippen LogP contribution in [0.25, 0.3) is 0 Å². The molecule has 2 rings (SSSR count). The van der Waals surface area contributed by atoms with E-state index in [0.717, 1.165) is 28.9 Å². The van der Waals surface area contributed by atoms with Crippen LogP contribution in [0.5, 0.6) is 5.75 Å². The topological polar surface area (TPSA) is 44.1 Å². The van der Waals surface area contributed by atoms with E-state index in [0.29, 0.717) is 16.7 Å². The number of ether oxygens (including phenoxy) is 1. The van der Waals surface area contributed by atoms with Crippen LogP contribution in [-0.4, -0.2) is 22.3 Å². The zero-order chi connectivity index (χ0) is 17.1. The second-order valence-electron chi connectivity index (χ2n) is 5.90. The molecule has 0 saturated carbocycles. The molecule has 0 aliphatic rings. The van der Waals surface area contributed by atoms with Gasteiger partial charge >= 0.3 is 0 Å². The Morgan fingerprint density at radius 2 is 2.04 bits per heavy atom. The van der Waals surface area contributed by atoms with Crippen LogP contribution >= 0.6 is 11.6 Å². The molecule has 1 atom stereocenters. The molecule has 1 heterocycles. The van der Waals surface area contributed by atoms with E-state index in [2.05, 4.69) is 18.9 Å². The molecule has 1 aromatic carbocycles.